The summed E-state index contributed by atoms with van der Waals surface area (Å²) in [4.78, 5) is 25.2. The molecule has 6 rings (SSSR count). The van der Waals surface area contributed by atoms with Crippen LogP contribution in [0.15, 0.2) is 42.5 Å². The fourth-order valence-electron chi connectivity index (χ4n) is 6.51. The van der Waals surface area contributed by atoms with Gasteiger partial charge in [-0.1, -0.05) is 36.4 Å². The quantitative estimate of drug-likeness (QED) is 0.804. The monoisotopic (exact) mass is 362 g/mol. The van der Waals surface area contributed by atoms with Crippen molar-refractivity contribution in [2.24, 2.45) is 23.2 Å². The van der Waals surface area contributed by atoms with Crippen molar-refractivity contribution in [3.8, 4) is 0 Å². The minimum atomic E-state index is -0.259. The molecule has 4 bridgehead atoms. The van der Waals surface area contributed by atoms with Crippen LogP contribution in [0.1, 0.15) is 55.3 Å². The number of nitrogens with one attached hydrogen (secondary N) is 2. The minimum Gasteiger partial charge on any atom is -0.273 e. The number of amides is 2. The Morgan fingerprint density at radius 2 is 1.48 bits per heavy atom. The molecule has 4 fully saturated rings. The van der Waals surface area contributed by atoms with Crippen molar-refractivity contribution in [2.45, 2.75) is 44.9 Å². The number of benzene rings is 2. The molecule has 2 amide bonds. The van der Waals surface area contributed by atoms with Crippen LogP contribution in [0.4, 0.5) is 0 Å². The first-order valence-electron chi connectivity index (χ1n) is 10.2. The van der Waals surface area contributed by atoms with E-state index in [0.717, 1.165) is 28.5 Å². The Labute approximate surface area is 159 Å². The molecule has 2 N–H and O–H groups in total. The predicted molar refractivity (Wildman–Crippen MR) is 105 cm³/mol. The number of hydrazine groups is 1. The standard InChI is InChI=1S/C23H26N2O2/c26-21(14-23-11-15-8-16(12-23)10-17(9-15)13-23)24-25-22(27)20-7-3-5-18-4-1-2-6-19(18)20/h1-7,15-17H,8-14H2,(H,24,26)(H,25,27). The second-order valence-corrected chi connectivity index (χ2v) is 9.12. The maximum absolute atomic E-state index is 12.6. The highest BCUT2D eigenvalue weighted by atomic mass is 16.2. The molecule has 27 heavy (non-hydrogen) atoms. The lowest BCUT2D eigenvalue weighted by molar-refractivity contribution is -0.130. The summed E-state index contributed by atoms with van der Waals surface area (Å²) in [6, 6.07) is 13.4. The second-order valence-electron chi connectivity index (χ2n) is 9.12. The van der Waals surface area contributed by atoms with E-state index in [1.165, 1.54) is 38.5 Å². The van der Waals surface area contributed by atoms with Gasteiger partial charge in [-0.3, -0.25) is 20.4 Å². The van der Waals surface area contributed by atoms with E-state index in [9.17, 15) is 9.59 Å². The summed E-state index contributed by atoms with van der Waals surface area (Å²) in [6.45, 7) is 0. The Bertz CT molecular complexity index is 864. The third-order valence-electron chi connectivity index (χ3n) is 7.05. The molecule has 4 saturated carbocycles. The molecule has 0 unspecified atom stereocenters. The topological polar surface area (TPSA) is 58.2 Å². The highest BCUT2D eigenvalue weighted by molar-refractivity contribution is 6.07. The highest BCUT2D eigenvalue weighted by Gasteiger charge is 2.51. The fourth-order valence-corrected chi connectivity index (χ4v) is 6.51. The smallest absolute Gasteiger partial charge is 0.270 e. The van der Waals surface area contributed by atoms with Gasteiger partial charge in [0.25, 0.3) is 5.91 Å². The first kappa shape index (κ1) is 16.8. The summed E-state index contributed by atoms with van der Waals surface area (Å²) in [7, 11) is 0. The largest absolute Gasteiger partial charge is 0.273 e. The molecule has 140 valence electrons. The van der Waals surface area contributed by atoms with E-state index in [1.807, 2.05) is 36.4 Å². The lowest BCUT2D eigenvalue weighted by Gasteiger charge is -2.56. The van der Waals surface area contributed by atoms with E-state index in [-0.39, 0.29) is 17.2 Å². The number of carbonyl (C=O) groups is 2. The van der Waals surface area contributed by atoms with E-state index in [2.05, 4.69) is 10.9 Å². The van der Waals surface area contributed by atoms with Crippen LogP contribution in [0.2, 0.25) is 0 Å². The van der Waals surface area contributed by atoms with Gasteiger partial charge >= 0.3 is 0 Å². The Kier molecular flexibility index (Phi) is 3.96. The molecule has 2 aromatic rings. The van der Waals surface area contributed by atoms with Crippen LogP contribution in [0.5, 0.6) is 0 Å². The summed E-state index contributed by atoms with van der Waals surface area (Å²) in [6.07, 6.45) is 8.26. The van der Waals surface area contributed by atoms with Gasteiger partial charge in [0.05, 0.1) is 0 Å². The Morgan fingerprint density at radius 3 is 2.19 bits per heavy atom. The van der Waals surface area contributed by atoms with Crippen molar-refractivity contribution in [1.29, 1.82) is 0 Å². The Balaban J connectivity index is 1.24. The molecular formula is C23H26N2O2. The first-order valence-corrected chi connectivity index (χ1v) is 10.2. The molecule has 4 nitrogen and oxygen atoms in total. The molecule has 0 spiro atoms. The van der Waals surface area contributed by atoms with Gasteiger partial charge in [-0.25, -0.2) is 0 Å². The van der Waals surface area contributed by atoms with Crippen molar-refractivity contribution in [3.05, 3.63) is 48.0 Å². The van der Waals surface area contributed by atoms with E-state index in [1.54, 1.807) is 6.07 Å². The van der Waals surface area contributed by atoms with Gasteiger partial charge in [-0.05, 0) is 78.5 Å². The molecule has 4 aliphatic rings. The lowest BCUT2D eigenvalue weighted by atomic mass is 9.49. The van der Waals surface area contributed by atoms with Crippen LogP contribution in [0, 0.1) is 23.2 Å². The normalized spacial score (nSPS) is 31.0. The van der Waals surface area contributed by atoms with Crippen molar-refractivity contribution in [2.75, 3.05) is 0 Å². The third-order valence-corrected chi connectivity index (χ3v) is 7.05. The zero-order valence-electron chi connectivity index (χ0n) is 15.5. The van der Waals surface area contributed by atoms with E-state index in [4.69, 9.17) is 0 Å². The van der Waals surface area contributed by atoms with Gasteiger partial charge in [0.1, 0.15) is 0 Å². The molecule has 2 aromatic carbocycles. The average Bonchev–Trinajstić information content (AvgIpc) is 2.64. The number of hydrogen-bond donors (Lipinski definition) is 2. The SMILES string of the molecule is O=C(CC12CC3CC(CC(C3)C1)C2)NNC(=O)c1cccc2ccccc12. The maximum Gasteiger partial charge on any atom is 0.270 e. The van der Waals surface area contributed by atoms with Crippen molar-refractivity contribution in [1.82, 2.24) is 10.9 Å². The summed E-state index contributed by atoms with van der Waals surface area (Å²) in [5.41, 5.74) is 6.09. The van der Waals surface area contributed by atoms with Crippen molar-refractivity contribution < 1.29 is 9.59 Å². The van der Waals surface area contributed by atoms with E-state index in [0.29, 0.717) is 12.0 Å². The Morgan fingerprint density at radius 1 is 0.852 bits per heavy atom. The zero-order chi connectivity index (χ0) is 18.4. The van der Waals surface area contributed by atoms with Crippen LogP contribution in [0.25, 0.3) is 10.8 Å². The van der Waals surface area contributed by atoms with Gasteiger partial charge in [0, 0.05) is 12.0 Å². The fraction of sp³-hybridized carbons (Fsp3) is 0.478. The predicted octanol–water partition coefficient (Wildman–Crippen LogP) is 4.21. The highest BCUT2D eigenvalue weighted by Crippen LogP contribution is 2.61. The number of rotatable bonds is 3. The zero-order valence-corrected chi connectivity index (χ0v) is 15.5. The van der Waals surface area contributed by atoms with E-state index >= 15 is 0 Å². The minimum absolute atomic E-state index is 0.0504. The number of carbonyl (C=O) groups excluding carboxylic acids is 2. The number of fused-ring (bicyclic) bond motifs is 1. The van der Waals surface area contributed by atoms with Crippen molar-refractivity contribution in [3.63, 3.8) is 0 Å². The third kappa shape index (κ3) is 3.11. The maximum atomic E-state index is 12.6. The molecule has 0 saturated heterocycles. The summed E-state index contributed by atoms with van der Waals surface area (Å²) >= 11 is 0. The van der Waals surface area contributed by atoms with Crippen LogP contribution in [-0.2, 0) is 4.79 Å². The van der Waals surface area contributed by atoms with Gasteiger partial charge < -0.3 is 0 Å². The van der Waals surface area contributed by atoms with Gasteiger partial charge in [0.15, 0.2) is 0 Å². The molecule has 0 atom stereocenters. The van der Waals surface area contributed by atoms with Gasteiger partial charge in [-0.2, -0.15) is 0 Å². The molecule has 0 radical (unpaired) electrons. The van der Waals surface area contributed by atoms with Crippen molar-refractivity contribution >= 4 is 22.6 Å². The molecule has 0 aliphatic heterocycles. The van der Waals surface area contributed by atoms with Gasteiger partial charge in [-0.15, -0.1) is 0 Å². The average molecular weight is 362 g/mol. The molecule has 0 heterocycles. The number of hydrogen-bond acceptors (Lipinski definition) is 2. The second kappa shape index (κ2) is 6.36. The van der Waals surface area contributed by atoms with Crippen LogP contribution < -0.4 is 10.9 Å². The van der Waals surface area contributed by atoms with E-state index < -0.39 is 0 Å². The summed E-state index contributed by atoms with van der Waals surface area (Å²) < 4.78 is 0. The van der Waals surface area contributed by atoms with Crippen LogP contribution in [-0.4, -0.2) is 11.8 Å². The summed E-state index contributed by atoms with van der Waals surface area (Å²) in [5.74, 6) is 2.18. The first-order chi connectivity index (χ1) is 13.1. The van der Waals surface area contributed by atoms with Gasteiger partial charge in [0.2, 0.25) is 5.91 Å². The van der Waals surface area contributed by atoms with Crippen LogP contribution in [0.3, 0.4) is 0 Å². The summed E-state index contributed by atoms with van der Waals surface area (Å²) in [5, 5.41) is 1.91. The molecule has 4 heteroatoms. The molecule has 4 aliphatic carbocycles. The Hall–Kier alpha value is -2.36. The van der Waals surface area contributed by atoms with Crippen LogP contribution >= 0.6 is 0 Å². The lowest BCUT2D eigenvalue weighted by Crippen LogP contribution is -2.50. The molecule has 0 aromatic heterocycles. The molecular weight excluding hydrogens is 336 g/mol.